The molecule has 0 aromatic heterocycles. The zero-order valence-electron chi connectivity index (χ0n) is 19.2. The van der Waals surface area contributed by atoms with Crippen molar-refractivity contribution < 1.29 is 29.0 Å². The molecule has 1 aliphatic carbocycles. The van der Waals surface area contributed by atoms with Gasteiger partial charge in [0.1, 0.15) is 12.1 Å². The quantitative estimate of drug-likeness (QED) is 0.534. The van der Waals surface area contributed by atoms with Gasteiger partial charge in [0.05, 0.1) is 19.6 Å². The first kappa shape index (κ1) is 24.3. The van der Waals surface area contributed by atoms with Crippen LogP contribution in [0.4, 0.5) is 4.79 Å². The van der Waals surface area contributed by atoms with E-state index in [2.05, 4.69) is 29.6 Å². The number of carbonyl (C=O) groups excluding carboxylic acids is 2. The number of hydrogen-bond acceptors (Lipinski definition) is 5. The number of ether oxygens (including phenoxy) is 2. The number of aliphatic carboxylic acids is 1. The van der Waals surface area contributed by atoms with Crippen molar-refractivity contribution in [1.82, 2.24) is 10.2 Å². The van der Waals surface area contributed by atoms with E-state index in [1.165, 1.54) is 36.9 Å². The van der Waals surface area contributed by atoms with E-state index in [1.54, 1.807) is 0 Å². The van der Waals surface area contributed by atoms with Crippen LogP contribution in [0.5, 0.6) is 0 Å². The van der Waals surface area contributed by atoms with Gasteiger partial charge in [-0.1, -0.05) is 48.5 Å². The van der Waals surface area contributed by atoms with Crippen molar-refractivity contribution in [3.8, 4) is 11.1 Å². The van der Waals surface area contributed by atoms with E-state index in [1.807, 2.05) is 24.3 Å². The highest BCUT2D eigenvalue weighted by Gasteiger charge is 2.34. The third kappa shape index (κ3) is 5.51. The van der Waals surface area contributed by atoms with Gasteiger partial charge in [0, 0.05) is 19.5 Å². The highest BCUT2D eigenvalue weighted by Crippen LogP contribution is 2.44. The van der Waals surface area contributed by atoms with Crippen LogP contribution in [0.3, 0.4) is 0 Å². The second-order valence-electron chi connectivity index (χ2n) is 8.43. The minimum Gasteiger partial charge on any atom is -0.480 e. The van der Waals surface area contributed by atoms with Gasteiger partial charge in [0.25, 0.3) is 0 Å². The van der Waals surface area contributed by atoms with E-state index in [-0.39, 0.29) is 44.6 Å². The molecule has 8 nitrogen and oxygen atoms in total. The number of alkyl carbamates (subject to hydrolysis) is 1. The molecule has 0 fully saturated rings. The van der Waals surface area contributed by atoms with E-state index in [0.29, 0.717) is 0 Å². The molecule has 0 saturated heterocycles. The third-order valence-corrected chi connectivity index (χ3v) is 6.06. The SMILES string of the molecule is CN(C(=O)CCOCCNC(=O)OCC1c2ccccc2-c2ccccc21)C(C)(C)C(=O)O. The summed E-state index contributed by atoms with van der Waals surface area (Å²) < 4.78 is 10.8. The molecule has 33 heavy (non-hydrogen) atoms. The Kier molecular flexibility index (Phi) is 7.71. The van der Waals surface area contributed by atoms with E-state index in [4.69, 9.17) is 9.47 Å². The molecule has 0 atom stereocenters. The number of amides is 2. The van der Waals surface area contributed by atoms with Crippen LogP contribution in [0.15, 0.2) is 48.5 Å². The molecule has 0 saturated carbocycles. The first-order chi connectivity index (χ1) is 15.7. The predicted molar refractivity (Wildman–Crippen MR) is 123 cm³/mol. The maximum Gasteiger partial charge on any atom is 0.407 e. The Morgan fingerprint density at radius 1 is 1.00 bits per heavy atom. The molecule has 0 radical (unpaired) electrons. The topological polar surface area (TPSA) is 105 Å². The Morgan fingerprint density at radius 2 is 1.58 bits per heavy atom. The summed E-state index contributed by atoms with van der Waals surface area (Å²) in [5.74, 6) is -1.41. The lowest BCUT2D eigenvalue weighted by Crippen LogP contribution is -2.51. The monoisotopic (exact) mass is 454 g/mol. The van der Waals surface area contributed by atoms with Gasteiger partial charge in [0.2, 0.25) is 5.91 Å². The fourth-order valence-electron chi connectivity index (χ4n) is 3.76. The van der Waals surface area contributed by atoms with Crippen molar-refractivity contribution in [3.05, 3.63) is 59.7 Å². The van der Waals surface area contributed by atoms with Crippen LogP contribution >= 0.6 is 0 Å². The highest BCUT2D eigenvalue weighted by molar-refractivity contribution is 5.86. The van der Waals surface area contributed by atoms with Crippen LogP contribution in [-0.2, 0) is 19.1 Å². The second kappa shape index (κ2) is 10.5. The molecule has 2 aromatic carbocycles. The van der Waals surface area contributed by atoms with Gasteiger partial charge < -0.3 is 24.8 Å². The zero-order chi connectivity index (χ0) is 24.0. The Hall–Kier alpha value is -3.39. The molecule has 2 amide bonds. The zero-order valence-corrected chi connectivity index (χ0v) is 19.2. The van der Waals surface area contributed by atoms with Crippen molar-refractivity contribution in [1.29, 1.82) is 0 Å². The molecule has 0 bridgehead atoms. The lowest BCUT2D eigenvalue weighted by Gasteiger charge is -2.31. The molecule has 0 spiro atoms. The number of benzene rings is 2. The van der Waals surface area contributed by atoms with Gasteiger partial charge >= 0.3 is 12.1 Å². The van der Waals surface area contributed by atoms with Crippen LogP contribution in [0.1, 0.15) is 37.3 Å². The average molecular weight is 455 g/mol. The van der Waals surface area contributed by atoms with Crippen LogP contribution in [-0.4, -0.2) is 66.9 Å². The van der Waals surface area contributed by atoms with Crippen molar-refractivity contribution >= 4 is 18.0 Å². The van der Waals surface area contributed by atoms with E-state index in [9.17, 15) is 19.5 Å². The number of hydrogen-bond donors (Lipinski definition) is 2. The smallest absolute Gasteiger partial charge is 0.407 e. The Labute approximate surface area is 193 Å². The molecule has 176 valence electrons. The maximum atomic E-state index is 12.1. The van der Waals surface area contributed by atoms with Crippen molar-refractivity contribution in [2.45, 2.75) is 31.7 Å². The normalized spacial score (nSPS) is 12.6. The number of carbonyl (C=O) groups is 3. The minimum absolute atomic E-state index is 0.00236. The molecule has 2 aromatic rings. The maximum absolute atomic E-state index is 12.1. The summed E-state index contributed by atoms with van der Waals surface area (Å²) in [5, 5.41) is 11.8. The number of nitrogens with one attached hydrogen (secondary N) is 1. The number of rotatable bonds is 10. The Morgan fingerprint density at radius 3 is 2.15 bits per heavy atom. The summed E-state index contributed by atoms with van der Waals surface area (Å²) in [7, 11) is 1.45. The molecule has 0 aliphatic heterocycles. The Bertz CT molecular complexity index is 974. The standard InChI is InChI=1S/C25H30N2O6/c1-25(2,23(29)30)27(3)22(28)12-14-32-15-13-26-24(31)33-16-21-19-10-6-4-8-17(19)18-9-5-7-11-20(18)21/h4-11,21H,12-16H2,1-3H3,(H,26,31)(H,29,30). The van der Waals surface area contributed by atoms with Crippen LogP contribution in [0.25, 0.3) is 11.1 Å². The third-order valence-electron chi connectivity index (χ3n) is 6.06. The molecular weight excluding hydrogens is 424 g/mol. The number of likely N-dealkylation sites (N-methyl/N-ethyl adjacent to an activating group) is 1. The van der Waals surface area contributed by atoms with Crippen LogP contribution < -0.4 is 5.32 Å². The first-order valence-electron chi connectivity index (χ1n) is 10.9. The average Bonchev–Trinajstić information content (AvgIpc) is 3.12. The van der Waals surface area contributed by atoms with Crippen molar-refractivity contribution in [3.63, 3.8) is 0 Å². The molecule has 3 rings (SSSR count). The molecule has 2 N–H and O–H groups in total. The molecular formula is C25H30N2O6. The summed E-state index contributed by atoms with van der Waals surface area (Å²) in [5.41, 5.74) is 3.35. The minimum atomic E-state index is -1.29. The van der Waals surface area contributed by atoms with E-state index in [0.717, 1.165) is 11.1 Å². The number of fused-ring (bicyclic) bond motifs is 3. The van der Waals surface area contributed by atoms with Gasteiger partial charge in [-0.2, -0.15) is 0 Å². The number of carboxylic acid groups (broad SMARTS) is 1. The van der Waals surface area contributed by atoms with Crippen molar-refractivity contribution in [2.75, 3.05) is 33.4 Å². The Balaban J connectivity index is 1.37. The van der Waals surface area contributed by atoms with Gasteiger partial charge in [-0.05, 0) is 36.1 Å². The van der Waals surface area contributed by atoms with Gasteiger partial charge in [0.15, 0.2) is 0 Å². The molecule has 0 heterocycles. The van der Waals surface area contributed by atoms with Crippen LogP contribution in [0.2, 0.25) is 0 Å². The van der Waals surface area contributed by atoms with Gasteiger partial charge in [-0.25, -0.2) is 9.59 Å². The highest BCUT2D eigenvalue weighted by atomic mass is 16.5. The second-order valence-corrected chi connectivity index (χ2v) is 8.43. The summed E-state index contributed by atoms with van der Waals surface area (Å²) in [6, 6.07) is 16.3. The van der Waals surface area contributed by atoms with Gasteiger partial charge in [-0.15, -0.1) is 0 Å². The number of carboxylic acids is 1. The molecule has 0 unspecified atom stereocenters. The summed E-state index contributed by atoms with van der Waals surface area (Å²) in [6.45, 7) is 3.75. The van der Waals surface area contributed by atoms with E-state index >= 15 is 0 Å². The fourth-order valence-corrected chi connectivity index (χ4v) is 3.76. The molecule has 8 heteroatoms. The lowest BCUT2D eigenvalue weighted by molar-refractivity contribution is -0.155. The largest absolute Gasteiger partial charge is 0.480 e. The van der Waals surface area contributed by atoms with Gasteiger partial charge in [-0.3, -0.25) is 4.79 Å². The van der Waals surface area contributed by atoms with E-state index < -0.39 is 17.6 Å². The van der Waals surface area contributed by atoms with Crippen molar-refractivity contribution in [2.24, 2.45) is 0 Å². The summed E-state index contributed by atoms with van der Waals surface area (Å²) in [4.78, 5) is 36.7. The lowest BCUT2D eigenvalue weighted by atomic mass is 9.98. The fraction of sp³-hybridized carbons (Fsp3) is 0.400. The first-order valence-corrected chi connectivity index (χ1v) is 10.9. The predicted octanol–water partition coefficient (Wildman–Crippen LogP) is 3.25. The summed E-state index contributed by atoms with van der Waals surface area (Å²) in [6.07, 6.45) is -0.475. The number of nitrogens with zero attached hydrogens (tertiary/aromatic N) is 1. The van der Waals surface area contributed by atoms with Crippen LogP contribution in [0, 0.1) is 0 Å². The summed E-state index contributed by atoms with van der Waals surface area (Å²) >= 11 is 0. The molecule has 1 aliphatic rings.